The Bertz CT molecular complexity index is 1500. The fourth-order valence-electron chi connectivity index (χ4n) is 6.75. The number of alkyl halides is 6. The summed E-state index contributed by atoms with van der Waals surface area (Å²) in [4.78, 5) is 23.9. The lowest BCUT2D eigenvalue weighted by Crippen LogP contribution is -2.48. The summed E-state index contributed by atoms with van der Waals surface area (Å²) in [6, 6.07) is 0. The van der Waals surface area contributed by atoms with Crippen molar-refractivity contribution in [2.24, 2.45) is 16.7 Å². The number of esters is 2. The van der Waals surface area contributed by atoms with Crippen LogP contribution in [0.2, 0.25) is 36.3 Å². The summed E-state index contributed by atoms with van der Waals surface area (Å²) in [6.07, 6.45) is -15.5. The van der Waals surface area contributed by atoms with Gasteiger partial charge in [0.25, 0.3) is 0 Å². The van der Waals surface area contributed by atoms with Crippen LogP contribution in [0.25, 0.3) is 0 Å². The van der Waals surface area contributed by atoms with Crippen molar-refractivity contribution in [1.82, 2.24) is 0 Å². The minimum atomic E-state index is -4.49. The van der Waals surface area contributed by atoms with Gasteiger partial charge in [0.05, 0.1) is 61.2 Å². The Morgan fingerprint density at radius 2 is 1.03 bits per heavy atom. The molecular formula is C46H84F6O11Si2. The topological polar surface area (TPSA) is 128 Å². The molecule has 11 nitrogen and oxygen atoms in total. The fourth-order valence-corrected chi connectivity index (χ4v) is 9.39. The number of aliphatic hydroxyl groups excluding tert-OH is 1. The lowest BCUT2D eigenvalue weighted by Gasteiger charge is -2.40. The summed E-state index contributed by atoms with van der Waals surface area (Å²) in [7, 11) is -2.30. The van der Waals surface area contributed by atoms with Gasteiger partial charge in [-0.2, -0.15) is 26.3 Å². The van der Waals surface area contributed by atoms with E-state index < -0.39 is 94.6 Å². The number of hydrogen-bond acceptors (Lipinski definition) is 11. The van der Waals surface area contributed by atoms with E-state index >= 15 is 0 Å². The Kier molecular flexibility index (Phi) is 22.5. The summed E-state index contributed by atoms with van der Waals surface area (Å²) in [6.45, 7) is 33.2. The highest BCUT2D eigenvalue weighted by atomic mass is 28.4. The van der Waals surface area contributed by atoms with Gasteiger partial charge >= 0.3 is 24.3 Å². The van der Waals surface area contributed by atoms with E-state index in [1.165, 1.54) is 14.2 Å². The number of aliphatic hydroxyl groups is 1. The van der Waals surface area contributed by atoms with E-state index in [0.29, 0.717) is 18.4 Å². The minimum Gasteiger partial charge on any atom is -0.465 e. The first-order valence-corrected chi connectivity index (χ1v) is 28.5. The van der Waals surface area contributed by atoms with E-state index in [9.17, 15) is 41.0 Å². The maximum Gasteiger partial charge on any atom is 0.413 e. The molecule has 384 valence electrons. The van der Waals surface area contributed by atoms with Crippen LogP contribution in [0.4, 0.5) is 26.3 Å². The van der Waals surface area contributed by atoms with Crippen LogP contribution in [0.5, 0.6) is 0 Å². The summed E-state index contributed by atoms with van der Waals surface area (Å²) in [5.41, 5.74) is -0.596. The zero-order chi connectivity index (χ0) is 50.9. The average molecular weight is 983 g/mol. The highest BCUT2D eigenvalue weighted by Crippen LogP contribution is 2.43. The van der Waals surface area contributed by atoms with Crippen LogP contribution in [0.15, 0.2) is 12.2 Å². The number of carbonyl (C=O) groups is 2. The van der Waals surface area contributed by atoms with Crippen LogP contribution in [0.3, 0.4) is 0 Å². The first-order valence-electron chi connectivity index (χ1n) is 22.7. The van der Waals surface area contributed by atoms with E-state index in [4.69, 9.17) is 37.3 Å². The average Bonchev–Trinajstić information content (AvgIpc) is 3.63. The number of methoxy groups -OCH3 is 2. The van der Waals surface area contributed by atoms with E-state index in [1.807, 2.05) is 54.6 Å². The Labute approximate surface area is 387 Å². The number of halogens is 6. The molecule has 65 heavy (non-hydrogen) atoms. The van der Waals surface area contributed by atoms with Gasteiger partial charge in [-0.05, 0) is 109 Å². The highest BCUT2D eigenvalue weighted by Gasteiger charge is 2.51. The normalized spacial score (nSPS) is 24.9. The smallest absolute Gasteiger partial charge is 0.413 e. The van der Waals surface area contributed by atoms with Crippen molar-refractivity contribution in [3.63, 3.8) is 0 Å². The molecule has 0 bridgehead atoms. The van der Waals surface area contributed by atoms with E-state index in [2.05, 4.69) is 6.58 Å². The quantitative estimate of drug-likeness (QED) is 0.0575. The molecule has 2 fully saturated rings. The summed E-state index contributed by atoms with van der Waals surface area (Å²) in [5, 5.41) is 9.19. The Hall–Kier alpha value is -1.59. The van der Waals surface area contributed by atoms with Gasteiger partial charge in [0.2, 0.25) is 0 Å². The van der Waals surface area contributed by atoms with Crippen molar-refractivity contribution in [3.8, 4) is 0 Å². The molecule has 1 N–H and O–H groups in total. The van der Waals surface area contributed by atoms with Gasteiger partial charge in [0.1, 0.15) is 18.3 Å². The molecule has 9 atom stereocenters. The molecule has 2 unspecified atom stereocenters. The largest absolute Gasteiger partial charge is 0.465 e. The summed E-state index contributed by atoms with van der Waals surface area (Å²) < 4.78 is 128. The number of rotatable bonds is 19. The second-order valence-corrected chi connectivity index (χ2v) is 32.0. The monoisotopic (exact) mass is 983 g/mol. The van der Waals surface area contributed by atoms with Gasteiger partial charge in [-0.3, -0.25) is 9.59 Å². The maximum absolute atomic E-state index is 13.8. The van der Waals surface area contributed by atoms with Gasteiger partial charge in [0.15, 0.2) is 16.6 Å². The standard InChI is InChI=1S/C23H43F3O6Si.C23H41F3O5Si/c1-21(2,3)20(28)30-13-12-16-15(14-27)19(29-7)17(31-16)10-11-18(23(24,25)26)32-33(8,9)22(4,5)6;1-15-16(13-14-29-20(27)21(2,3)4)30-17(19(15)28-8)11-12-18(23(24,25)26)31-32(9,10)22(5,6)7/h15-19,27H,10-14H2,1-9H3;16-19H,1,11-14H2,2-10H3/t15-,16+,17-,18?,19-;16-,17+,18?,19+/m10/s1. The molecule has 2 heterocycles. The van der Waals surface area contributed by atoms with Crippen molar-refractivity contribution in [1.29, 1.82) is 0 Å². The molecule has 2 aliphatic rings. The van der Waals surface area contributed by atoms with Gasteiger partial charge < -0.3 is 42.4 Å². The molecule has 0 aromatic heterocycles. The zero-order valence-corrected chi connectivity index (χ0v) is 44.6. The van der Waals surface area contributed by atoms with Gasteiger partial charge in [-0.15, -0.1) is 0 Å². The molecule has 0 saturated carbocycles. The molecule has 0 amide bonds. The molecule has 0 spiro atoms. The zero-order valence-electron chi connectivity index (χ0n) is 42.6. The fraction of sp³-hybridized carbons (Fsp3) is 0.913. The van der Waals surface area contributed by atoms with Crippen molar-refractivity contribution >= 4 is 28.6 Å². The minimum absolute atomic E-state index is 0.0755. The first kappa shape index (κ1) is 61.4. The maximum atomic E-state index is 13.8. The molecule has 0 aromatic carbocycles. The summed E-state index contributed by atoms with van der Waals surface area (Å²) in [5.74, 6) is -1.09. The SMILES string of the molecule is C=C1[C@H](CCOC(=O)C(C)(C)C)O[C@H](CCC(O[Si](C)(C)C(C)(C)C)C(F)(F)F)[C@@H]1OC.CO[C@@H]1[C@H](CO)[C@H](CCOC(=O)C(C)(C)C)O[C@@H]1CCC(O[Si](C)(C)C(C)(C)C)C(F)(F)F. The Morgan fingerprint density at radius 3 is 1.37 bits per heavy atom. The molecule has 2 aliphatic heterocycles. The van der Waals surface area contributed by atoms with E-state index in [0.717, 1.165) is 0 Å². The highest BCUT2D eigenvalue weighted by molar-refractivity contribution is 6.74. The predicted octanol–water partition coefficient (Wildman–Crippen LogP) is 11.1. The van der Waals surface area contributed by atoms with Crippen LogP contribution < -0.4 is 0 Å². The third-order valence-corrected chi connectivity index (χ3v) is 21.9. The van der Waals surface area contributed by atoms with Gasteiger partial charge in [-0.25, -0.2) is 0 Å². The Morgan fingerprint density at radius 1 is 0.631 bits per heavy atom. The number of ether oxygens (including phenoxy) is 6. The third kappa shape index (κ3) is 18.7. The van der Waals surface area contributed by atoms with Crippen LogP contribution in [-0.2, 0) is 46.9 Å². The van der Waals surface area contributed by atoms with Crippen LogP contribution in [0, 0.1) is 16.7 Å². The first-order chi connectivity index (χ1) is 29.2. The second-order valence-electron chi connectivity index (χ2n) is 22.5. The van der Waals surface area contributed by atoms with Gasteiger partial charge in [0, 0.05) is 33.0 Å². The molecule has 0 radical (unpaired) electrons. The van der Waals surface area contributed by atoms with Crippen LogP contribution in [-0.4, -0.2) is 129 Å². The predicted molar refractivity (Wildman–Crippen MR) is 243 cm³/mol. The summed E-state index contributed by atoms with van der Waals surface area (Å²) >= 11 is 0. The van der Waals surface area contributed by atoms with Crippen molar-refractivity contribution in [2.75, 3.05) is 34.0 Å². The molecular weight excluding hydrogens is 899 g/mol. The second kappa shape index (κ2) is 23.8. The van der Waals surface area contributed by atoms with E-state index in [1.54, 1.807) is 54.6 Å². The van der Waals surface area contributed by atoms with Gasteiger partial charge in [-0.1, -0.05) is 48.1 Å². The Balaban J connectivity index is 0.000000650. The molecule has 19 heteroatoms. The third-order valence-electron chi connectivity index (χ3n) is 12.9. The van der Waals surface area contributed by atoms with Crippen LogP contribution in [0.1, 0.15) is 122 Å². The van der Waals surface area contributed by atoms with Crippen molar-refractivity contribution < 1.29 is 78.3 Å². The molecule has 2 rings (SSSR count). The molecule has 0 aromatic rings. The van der Waals surface area contributed by atoms with E-state index in [-0.39, 0.29) is 67.5 Å². The molecule has 2 saturated heterocycles. The van der Waals surface area contributed by atoms with Crippen LogP contribution >= 0.6 is 0 Å². The lowest BCUT2D eigenvalue weighted by molar-refractivity contribution is -0.202. The van der Waals surface area contributed by atoms with Crippen molar-refractivity contribution in [2.45, 2.75) is 219 Å². The lowest BCUT2D eigenvalue weighted by atomic mass is 9.93. The number of carbonyl (C=O) groups excluding carboxylic acids is 2. The number of hydrogen-bond donors (Lipinski definition) is 1. The van der Waals surface area contributed by atoms with Crippen molar-refractivity contribution in [3.05, 3.63) is 12.2 Å². The molecule has 0 aliphatic carbocycles.